The first-order valence-corrected chi connectivity index (χ1v) is 9.15. The van der Waals surface area contributed by atoms with Crippen LogP contribution in [0.4, 0.5) is 0 Å². The van der Waals surface area contributed by atoms with E-state index < -0.39 is 0 Å². The zero-order valence-corrected chi connectivity index (χ0v) is 14.0. The van der Waals surface area contributed by atoms with Crippen molar-refractivity contribution in [2.45, 2.75) is 32.2 Å². The Hall–Kier alpha value is -1.60. The van der Waals surface area contributed by atoms with Crippen LogP contribution in [-0.4, -0.2) is 38.7 Å². The summed E-state index contributed by atoms with van der Waals surface area (Å²) in [6.07, 6.45) is 0.975. The molecule has 2 aromatic rings. The van der Waals surface area contributed by atoms with Gasteiger partial charge < -0.3 is 4.52 Å². The average molecular weight is 332 g/mol. The third kappa shape index (κ3) is 3.21. The fraction of sp³-hybridized carbons (Fsp3) is 0.562. The van der Waals surface area contributed by atoms with Gasteiger partial charge in [-0.1, -0.05) is 5.16 Å². The zero-order chi connectivity index (χ0) is 15.8. The Morgan fingerprint density at radius 2 is 2.26 bits per heavy atom. The second kappa shape index (κ2) is 6.13. The SMILES string of the molecule is Cc1cc(CN2CC(Cn3nc4c(cc3=O)CSCC4)C2)no1. The topological polar surface area (TPSA) is 64.2 Å². The lowest BCUT2D eigenvalue weighted by Gasteiger charge is -2.38. The summed E-state index contributed by atoms with van der Waals surface area (Å²) >= 11 is 1.88. The molecule has 7 heteroatoms. The van der Waals surface area contributed by atoms with E-state index >= 15 is 0 Å². The third-order valence-corrected chi connectivity index (χ3v) is 5.44. The van der Waals surface area contributed by atoms with Crippen LogP contribution in [0.3, 0.4) is 0 Å². The van der Waals surface area contributed by atoms with Gasteiger partial charge in [-0.25, -0.2) is 4.68 Å². The predicted octanol–water partition coefficient (Wildman–Crippen LogP) is 1.46. The van der Waals surface area contributed by atoms with Gasteiger partial charge in [0.25, 0.3) is 5.56 Å². The first-order valence-electron chi connectivity index (χ1n) is 7.99. The highest BCUT2D eigenvalue weighted by atomic mass is 32.2. The molecule has 1 saturated heterocycles. The summed E-state index contributed by atoms with van der Waals surface area (Å²) in [6.45, 7) is 5.40. The number of likely N-dealkylation sites (tertiary alicyclic amines) is 1. The lowest BCUT2D eigenvalue weighted by Crippen LogP contribution is -2.49. The number of fused-ring (bicyclic) bond motifs is 1. The largest absolute Gasteiger partial charge is 0.361 e. The molecule has 0 spiro atoms. The summed E-state index contributed by atoms with van der Waals surface area (Å²) in [5.41, 5.74) is 3.25. The minimum atomic E-state index is 0.0387. The van der Waals surface area contributed by atoms with E-state index in [2.05, 4.69) is 15.2 Å². The van der Waals surface area contributed by atoms with Crippen LogP contribution in [0.25, 0.3) is 0 Å². The van der Waals surface area contributed by atoms with Crippen LogP contribution in [0.5, 0.6) is 0 Å². The van der Waals surface area contributed by atoms with Crippen molar-refractivity contribution >= 4 is 11.8 Å². The maximum atomic E-state index is 12.2. The highest BCUT2D eigenvalue weighted by Gasteiger charge is 2.28. The van der Waals surface area contributed by atoms with Crippen molar-refractivity contribution in [1.82, 2.24) is 19.8 Å². The third-order valence-electron chi connectivity index (χ3n) is 4.43. The number of aryl methyl sites for hydroxylation is 2. The molecule has 1 fully saturated rings. The molecule has 0 unspecified atom stereocenters. The van der Waals surface area contributed by atoms with Crippen LogP contribution >= 0.6 is 11.8 Å². The Morgan fingerprint density at radius 1 is 1.39 bits per heavy atom. The molecule has 4 rings (SSSR count). The van der Waals surface area contributed by atoms with E-state index in [-0.39, 0.29) is 5.56 Å². The van der Waals surface area contributed by atoms with Gasteiger partial charge in [0, 0.05) is 49.9 Å². The molecule has 0 aliphatic carbocycles. The summed E-state index contributed by atoms with van der Waals surface area (Å²) in [7, 11) is 0. The van der Waals surface area contributed by atoms with E-state index in [1.54, 1.807) is 10.7 Å². The van der Waals surface area contributed by atoms with Crippen LogP contribution < -0.4 is 5.56 Å². The van der Waals surface area contributed by atoms with Gasteiger partial charge in [-0.3, -0.25) is 9.69 Å². The number of thioether (sulfide) groups is 1. The molecule has 0 N–H and O–H groups in total. The van der Waals surface area contributed by atoms with Crippen LogP contribution in [-0.2, 0) is 25.3 Å². The molecule has 0 radical (unpaired) electrons. The van der Waals surface area contributed by atoms with Crippen molar-refractivity contribution in [3.63, 3.8) is 0 Å². The van der Waals surface area contributed by atoms with E-state index in [0.717, 1.165) is 60.3 Å². The van der Waals surface area contributed by atoms with E-state index in [9.17, 15) is 4.79 Å². The van der Waals surface area contributed by atoms with Gasteiger partial charge in [0.2, 0.25) is 0 Å². The van der Waals surface area contributed by atoms with Crippen molar-refractivity contribution < 1.29 is 4.52 Å². The summed E-state index contributed by atoms with van der Waals surface area (Å²) in [5.74, 6) is 3.36. The van der Waals surface area contributed by atoms with Crippen LogP contribution in [0.15, 0.2) is 21.5 Å². The molecule has 2 aliphatic heterocycles. The highest BCUT2D eigenvalue weighted by molar-refractivity contribution is 7.98. The molecule has 122 valence electrons. The van der Waals surface area contributed by atoms with Crippen LogP contribution in [0, 0.1) is 12.8 Å². The van der Waals surface area contributed by atoms with Crippen molar-refractivity contribution in [3.05, 3.63) is 45.2 Å². The zero-order valence-electron chi connectivity index (χ0n) is 13.2. The van der Waals surface area contributed by atoms with Gasteiger partial charge in [0.05, 0.1) is 17.9 Å². The Bertz CT molecular complexity index is 764. The number of nitrogens with zero attached hydrogens (tertiary/aromatic N) is 4. The molecule has 4 heterocycles. The first kappa shape index (κ1) is 15.0. The molecule has 0 saturated carbocycles. The molecule has 2 aliphatic rings. The predicted molar refractivity (Wildman–Crippen MR) is 88.4 cm³/mol. The number of rotatable bonds is 4. The molecule has 23 heavy (non-hydrogen) atoms. The maximum Gasteiger partial charge on any atom is 0.267 e. The summed E-state index contributed by atoms with van der Waals surface area (Å²) in [5, 5.41) is 8.61. The molecule has 2 aromatic heterocycles. The maximum absolute atomic E-state index is 12.2. The Labute approximate surface area is 138 Å². The monoisotopic (exact) mass is 332 g/mol. The van der Waals surface area contributed by atoms with Crippen LogP contribution in [0.2, 0.25) is 0 Å². The van der Waals surface area contributed by atoms with Gasteiger partial charge in [-0.2, -0.15) is 16.9 Å². The van der Waals surface area contributed by atoms with Crippen molar-refractivity contribution in [1.29, 1.82) is 0 Å². The summed E-state index contributed by atoms with van der Waals surface area (Å²) < 4.78 is 6.75. The standard InChI is InChI=1S/C16H20N4O2S/c1-11-4-14(18-22-11)9-19-6-12(7-19)8-20-16(21)5-13-10-23-3-2-15(13)17-20/h4-5,12H,2-3,6-10H2,1H3. The second-order valence-electron chi connectivity index (χ2n) is 6.43. The Morgan fingerprint density at radius 3 is 3.04 bits per heavy atom. The Kier molecular flexibility index (Phi) is 3.98. The molecule has 6 nitrogen and oxygen atoms in total. The first-order chi connectivity index (χ1) is 11.2. The lowest BCUT2D eigenvalue weighted by molar-refractivity contribution is 0.0741. The Balaban J connectivity index is 1.36. The van der Waals surface area contributed by atoms with E-state index in [1.165, 1.54) is 0 Å². The minimum Gasteiger partial charge on any atom is -0.361 e. The van der Waals surface area contributed by atoms with E-state index in [0.29, 0.717) is 12.5 Å². The molecular weight excluding hydrogens is 312 g/mol. The van der Waals surface area contributed by atoms with Gasteiger partial charge in [-0.15, -0.1) is 0 Å². The molecule has 0 aromatic carbocycles. The molecule has 0 amide bonds. The molecular formula is C16H20N4O2S. The smallest absolute Gasteiger partial charge is 0.267 e. The highest BCUT2D eigenvalue weighted by Crippen LogP contribution is 2.22. The van der Waals surface area contributed by atoms with Crippen LogP contribution in [0.1, 0.15) is 22.7 Å². The molecule has 0 atom stereocenters. The number of hydrogen-bond acceptors (Lipinski definition) is 6. The van der Waals surface area contributed by atoms with Gasteiger partial charge in [-0.05, 0) is 18.2 Å². The normalized spacial score (nSPS) is 18.7. The quantitative estimate of drug-likeness (QED) is 0.845. The minimum absolute atomic E-state index is 0.0387. The van der Waals surface area contributed by atoms with E-state index in [1.807, 2.05) is 24.8 Å². The lowest BCUT2D eigenvalue weighted by atomic mass is 10.00. The average Bonchev–Trinajstić information content (AvgIpc) is 2.91. The number of aromatic nitrogens is 3. The van der Waals surface area contributed by atoms with Crippen molar-refractivity contribution in [2.75, 3.05) is 18.8 Å². The van der Waals surface area contributed by atoms with E-state index in [4.69, 9.17) is 4.52 Å². The second-order valence-corrected chi connectivity index (χ2v) is 7.53. The summed E-state index contributed by atoms with van der Waals surface area (Å²) in [6, 6.07) is 3.75. The van der Waals surface area contributed by atoms with Gasteiger partial charge in [0.1, 0.15) is 5.76 Å². The van der Waals surface area contributed by atoms with Crippen molar-refractivity contribution in [3.8, 4) is 0 Å². The van der Waals surface area contributed by atoms with Gasteiger partial charge in [0.15, 0.2) is 0 Å². The number of hydrogen-bond donors (Lipinski definition) is 0. The summed E-state index contributed by atoms with van der Waals surface area (Å²) in [4.78, 5) is 14.5. The molecule has 0 bridgehead atoms. The fourth-order valence-corrected chi connectivity index (χ4v) is 4.22. The van der Waals surface area contributed by atoms with Gasteiger partial charge >= 0.3 is 0 Å². The fourth-order valence-electron chi connectivity index (χ4n) is 3.27. The van der Waals surface area contributed by atoms with Crippen molar-refractivity contribution in [2.24, 2.45) is 5.92 Å².